The Hall–Kier alpha value is -4.15. The minimum atomic E-state index is -0.901. The normalized spacial score (nSPS) is 11.9. The summed E-state index contributed by atoms with van der Waals surface area (Å²) in [5, 5.41) is 30.0. The van der Waals surface area contributed by atoms with Crippen LogP contribution in [-0.2, 0) is 22.6 Å². The third kappa shape index (κ3) is 11.8. The molecule has 2 rings (SSSR count). The van der Waals surface area contributed by atoms with Crippen molar-refractivity contribution in [3.05, 3.63) is 75.8 Å². The molecule has 1 atom stereocenters. The fraction of sp³-hybridized carbons (Fsp3) is 0.400. The van der Waals surface area contributed by atoms with E-state index < -0.39 is 11.1 Å². The number of phenolic OH excluding ortho intramolecular Hbond substituents is 1. The first-order valence-corrected chi connectivity index (χ1v) is 11.9. The number of unbranched alkanes of at least 4 members (excludes halogenated alkanes) is 2. The summed E-state index contributed by atoms with van der Waals surface area (Å²) in [7, 11) is 0. The van der Waals surface area contributed by atoms with Gasteiger partial charge in [-0.15, -0.1) is 0 Å². The van der Waals surface area contributed by atoms with Crippen molar-refractivity contribution in [1.29, 1.82) is 0 Å². The summed E-state index contributed by atoms with van der Waals surface area (Å²) in [6, 6.07) is 15.8. The molecule has 6 N–H and O–H groups in total. The van der Waals surface area contributed by atoms with Gasteiger partial charge in [0, 0.05) is 19.5 Å². The number of aryl methyl sites for hydroxylation is 1. The molecule has 2 aromatic rings. The van der Waals surface area contributed by atoms with Crippen molar-refractivity contribution in [1.82, 2.24) is 16.0 Å². The molecule has 0 bridgehead atoms. The van der Waals surface area contributed by atoms with Crippen molar-refractivity contribution in [3.8, 4) is 5.75 Å². The number of aromatic hydroxyl groups is 1. The second-order valence-electron chi connectivity index (χ2n) is 8.34. The molecule has 0 unspecified atom stereocenters. The zero-order valence-corrected chi connectivity index (χ0v) is 20.2. The standard InChI is InChI=1S/C25H34N6O5/c26-25(30-31(35)36)27-17-7-11-22(24(34)28-18-20-13-15-21(32)16-14-20)29-23(33)12-6-2-5-10-19-8-3-1-4-9-19/h1,3-4,8-9,13-16,22,32H,2,5-7,10-12,17-18H2,(H,28,34)(H,29,33)(H3,26,27,30)/t22-/m1/s1. The van der Waals surface area contributed by atoms with Gasteiger partial charge in [-0.05, 0) is 55.4 Å². The van der Waals surface area contributed by atoms with Crippen molar-refractivity contribution >= 4 is 17.8 Å². The van der Waals surface area contributed by atoms with Crippen LogP contribution in [-0.4, -0.2) is 40.5 Å². The van der Waals surface area contributed by atoms with Gasteiger partial charge in [-0.25, -0.2) is 10.1 Å². The van der Waals surface area contributed by atoms with Crippen LogP contribution < -0.4 is 21.7 Å². The Morgan fingerprint density at radius 1 is 0.972 bits per heavy atom. The number of hydrogen-bond acceptors (Lipinski definition) is 5. The van der Waals surface area contributed by atoms with E-state index in [-0.39, 0.29) is 36.6 Å². The fourth-order valence-corrected chi connectivity index (χ4v) is 3.54. The molecule has 0 aromatic heterocycles. The molecule has 0 aliphatic carbocycles. The number of hydrogen-bond donors (Lipinski definition) is 5. The number of nitrogens with one attached hydrogen (secondary N) is 3. The van der Waals surface area contributed by atoms with E-state index in [1.54, 1.807) is 12.1 Å². The quantitative estimate of drug-likeness (QED) is 0.0823. The lowest BCUT2D eigenvalue weighted by molar-refractivity contribution is -0.485. The molecule has 2 aromatic carbocycles. The van der Waals surface area contributed by atoms with Gasteiger partial charge in [0.2, 0.25) is 11.8 Å². The average Bonchev–Trinajstić information content (AvgIpc) is 2.85. The lowest BCUT2D eigenvalue weighted by Crippen LogP contribution is -2.47. The SMILES string of the molecule is NC(=N[N+](=O)[O-])NCCC[C@@H](NC(=O)CCCCCc1ccccc1)C(=O)NCc1ccc(O)cc1. The maximum absolute atomic E-state index is 12.8. The third-order valence-electron chi connectivity index (χ3n) is 5.43. The molecule has 0 saturated heterocycles. The molecule has 11 nitrogen and oxygen atoms in total. The van der Waals surface area contributed by atoms with Crippen LogP contribution in [0.5, 0.6) is 5.75 Å². The van der Waals surface area contributed by atoms with Gasteiger partial charge in [-0.3, -0.25) is 9.59 Å². The maximum atomic E-state index is 12.8. The number of nitro groups is 1. The van der Waals surface area contributed by atoms with E-state index in [4.69, 9.17) is 5.73 Å². The predicted octanol–water partition coefficient (Wildman–Crippen LogP) is 2.17. The Morgan fingerprint density at radius 3 is 2.39 bits per heavy atom. The number of phenols is 1. The minimum Gasteiger partial charge on any atom is -0.508 e. The largest absolute Gasteiger partial charge is 0.508 e. The van der Waals surface area contributed by atoms with Gasteiger partial charge < -0.3 is 26.8 Å². The van der Waals surface area contributed by atoms with Crippen LogP contribution in [0.1, 0.15) is 49.7 Å². The van der Waals surface area contributed by atoms with E-state index in [1.165, 1.54) is 17.7 Å². The lowest BCUT2D eigenvalue weighted by Gasteiger charge is -2.19. The highest BCUT2D eigenvalue weighted by atomic mass is 16.7. The summed E-state index contributed by atoms with van der Waals surface area (Å²) in [5.41, 5.74) is 7.47. The van der Waals surface area contributed by atoms with Crippen LogP contribution in [0.3, 0.4) is 0 Å². The van der Waals surface area contributed by atoms with E-state index in [2.05, 4.69) is 33.2 Å². The van der Waals surface area contributed by atoms with Crippen LogP contribution in [0.25, 0.3) is 0 Å². The Kier molecular flexibility index (Phi) is 12.2. The monoisotopic (exact) mass is 498 g/mol. The first-order chi connectivity index (χ1) is 17.3. The molecule has 0 saturated carbocycles. The van der Waals surface area contributed by atoms with Gasteiger partial charge in [0.05, 0.1) is 0 Å². The summed E-state index contributed by atoms with van der Waals surface area (Å²) < 4.78 is 0. The smallest absolute Gasteiger partial charge is 0.266 e. The molecule has 0 fully saturated rings. The van der Waals surface area contributed by atoms with Crippen molar-refractivity contribution in [2.75, 3.05) is 6.54 Å². The van der Waals surface area contributed by atoms with E-state index in [9.17, 15) is 24.8 Å². The first kappa shape index (κ1) is 28.1. The number of carbonyl (C=O) groups excluding carboxylic acids is 2. The van der Waals surface area contributed by atoms with Gasteiger partial charge in [0.15, 0.2) is 5.03 Å². The zero-order valence-electron chi connectivity index (χ0n) is 20.2. The molecule has 2 amide bonds. The number of amides is 2. The summed E-state index contributed by atoms with van der Waals surface area (Å²) in [5.74, 6) is -0.742. The summed E-state index contributed by atoms with van der Waals surface area (Å²) in [4.78, 5) is 35.7. The molecule has 194 valence electrons. The Bertz CT molecular complexity index is 998. The number of benzene rings is 2. The second-order valence-corrected chi connectivity index (χ2v) is 8.34. The van der Waals surface area contributed by atoms with Crippen molar-refractivity contribution in [2.24, 2.45) is 10.8 Å². The van der Waals surface area contributed by atoms with Gasteiger partial charge in [-0.2, -0.15) is 0 Å². The van der Waals surface area contributed by atoms with Gasteiger partial charge >= 0.3 is 0 Å². The summed E-state index contributed by atoms with van der Waals surface area (Å²) in [6.07, 6.45) is 4.60. The molecule has 0 aliphatic heterocycles. The highest BCUT2D eigenvalue weighted by Crippen LogP contribution is 2.10. The number of carbonyl (C=O) groups is 2. The highest BCUT2D eigenvalue weighted by Gasteiger charge is 2.20. The topological polar surface area (TPSA) is 172 Å². The van der Waals surface area contributed by atoms with Crippen LogP contribution in [0.2, 0.25) is 0 Å². The third-order valence-corrected chi connectivity index (χ3v) is 5.43. The van der Waals surface area contributed by atoms with Gasteiger partial charge in [0.1, 0.15) is 16.9 Å². The van der Waals surface area contributed by atoms with E-state index in [0.29, 0.717) is 19.3 Å². The number of guanidine groups is 1. The summed E-state index contributed by atoms with van der Waals surface area (Å²) >= 11 is 0. The number of nitrogens with two attached hydrogens (primary N) is 1. The van der Waals surface area contributed by atoms with E-state index in [1.807, 2.05) is 18.2 Å². The molecule has 0 radical (unpaired) electrons. The zero-order chi connectivity index (χ0) is 26.2. The van der Waals surface area contributed by atoms with Crippen molar-refractivity contribution in [2.45, 2.75) is 57.5 Å². The van der Waals surface area contributed by atoms with Crippen molar-refractivity contribution in [3.63, 3.8) is 0 Å². The Morgan fingerprint density at radius 2 is 1.69 bits per heavy atom. The highest BCUT2D eigenvalue weighted by molar-refractivity contribution is 5.87. The molecule has 36 heavy (non-hydrogen) atoms. The molecule has 0 spiro atoms. The molecule has 0 aliphatic rings. The fourth-order valence-electron chi connectivity index (χ4n) is 3.54. The maximum Gasteiger partial charge on any atom is 0.266 e. The Balaban J connectivity index is 1.81. The predicted molar refractivity (Wildman–Crippen MR) is 136 cm³/mol. The van der Waals surface area contributed by atoms with E-state index >= 15 is 0 Å². The average molecular weight is 499 g/mol. The second kappa shape index (κ2) is 15.7. The molecule has 0 heterocycles. The van der Waals surface area contributed by atoms with Gasteiger partial charge in [0.25, 0.3) is 5.96 Å². The first-order valence-electron chi connectivity index (χ1n) is 11.9. The van der Waals surface area contributed by atoms with Crippen LogP contribution in [0.15, 0.2) is 59.7 Å². The lowest BCUT2D eigenvalue weighted by atomic mass is 10.1. The summed E-state index contributed by atoms with van der Waals surface area (Å²) in [6.45, 7) is 0.492. The number of hydrazone groups is 1. The van der Waals surface area contributed by atoms with Crippen molar-refractivity contribution < 1.29 is 19.7 Å². The van der Waals surface area contributed by atoms with E-state index in [0.717, 1.165) is 31.2 Å². The molecular formula is C25H34N6O5. The molecule has 11 heteroatoms. The van der Waals surface area contributed by atoms with Crippen LogP contribution in [0, 0.1) is 10.1 Å². The van der Waals surface area contributed by atoms with Crippen LogP contribution >= 0.6 is 0 Å². The van der Waals surface area contributed by atoms with Gasteiger partial charge in [-0.1, -0.05) is 48.9 Å². The minimum absolute atomic E-state index is 0.131. The number of nitrogens with zero attached hydrogens (tertiary/aromatic N) is 2. The van der Waals surface area contributed by atoms with Crippen LogP contribution in [0.4, 0.5) is 0 Å². The number of rotatable bonds is 15. The Labute approximate surface area is 210 Å². The molecular weight excluding hydrogens is 464 g/mol.